The molecule has 1 aromatic carbocycles. The zero-order valence-electron chi connectivity index (χ0n) is 11.7. The lowest BCUT2D eigenvalue weighted by Gasteiger charge is -2.28. The summed E-state index contributed by atoms with van der Waals surface area (Å²) in [5.74, 6) is -1.23. The van der Waals surface area contributed by atoms with Crippen molar-refractivity contribution < 1.29 is 9.90 Å². The fourth-order valence-corrected chi connectivity index (χ4v) is 2.70. The second-order valence-corrected chi connectivity index (χ2v) is 5.28. The molecule has 0 saturated heterocycles. The molecular formula is C17H19NO2. The number of carbonyl (C=O) groups is 1. The third kappa shape index (κ3) is 3.05. The van der Waals surface area contributed by atoms with Crippen LogP contribution in [0, 0.1) is 5.92 Å². The van der Waals surface area contributed by atoms with E-state index in [2.05, 4.69) is 18.8 Å². The van der Waals surface area contributed by atoms with Gasteiger partial charge in [0.1, 0.15) is 0 Å². The summed E-state index contributed by atoms with van der Waals surface area (Å²) >= 11 is 0. The van der Waals surface area contributed by atoms with Crippen molar-refractivity contribution in [2.75, 3.05) is 0 Å². The van der Waals surface area contributed by atoms with E-state index < -0.39 is 11.9 Å². The van der Waals surface area contributed by atoms with Gasteiger partial charge in [0.25, 0.3) is 0 Å². The Balaban J connectivity index is 2.47. The lowest BCUT2D eigenvalue weighted by atomic mass is 9.75. The number of aliphatic carboxylic acids is 1. The maximum Gasteiger partial charge on any atom is 0.311 e. The molecule has 0 radical (unpaired) electrons. The van der Waals surface area contributed by atoms with E-state index in [0.717, 1.165) is 11.1 Å². The van der Waals surface area contributed by atoms with Crippen molar-refractivity contribution in [3.8, 4) is 0 Å². The third-order valence-electron chi connectivity index (χ3n) is 3.57. The number of carboxylic acids is 1. The number of hydrogen-bond donors (Lipinski definition) is 1. The Hall–Kier alpha value is -2.16. The molecule has 2 rings (SSSR count). The van der Waals surface area contributed by atoms with E-state index in [1.807, 2.05) is 36.4 Å². The molecule has 2 atom stereocenters. The topological polar surface area (TPSA) is 50.2 Å². The van der Waals surface area contributed by atoms with Crippen LogP contribution in [0.25, 0.3) is 0 Å². The summed E-state index contributed by atoms with van der Waals surface area (Å²) in [5.41, 5.74) is 1.81. The van der Waals surface area contributed by atoms with Crippen LogP contribution in [0.5, 0.6) is 0 Å². The van der Waals surface area contributed by atoms with Crippen LogP contribution in [0.4, 0.5) is 0 Å². The highest BCUT2D eigenvalue weighted by Crippen LogP contribution is 2.38. The minimum atomic E-state index is -0.805. The van der Waals surface area contributed by atoms with Crippen molar-refractivity contribution in [3.05, 3.63) is 66.0 Å². The van der Waals surface area contributed by atoms with Crippen LogP contribution in [0.3, 0.4) is 0 Å². The largest absolute Gasteiger partial charge is 0.481 e. The van der Waals surface area contributed by atoms with Crippen LogP contribution >= 0.6 is 0 Å². The van der Waals surface area contributed by atoms with Gasteiger partial charge < -0.3 is 5.11 Å². The Kier molecular flexibility index (Phi) is 4.51. The van der Waals surface area contributed by atoms with E-state index in [1.54, 1.807) is 18.5 Å². The summed E-state index contributed by atoms with van der Waals surface area (Å²) in [6.45, 7) is 4.12. The molecule has 0 saturated carbocycles. The molecule has 1 aromatic heterocycles. The highest BCUT2D eigenvalue weighted by molar-refractivity contribution is 5.77. The zero-order valence-corrected chi connectivity index (χ0v) is 11.7. The molecule has 20 heavy (non-hydrogen) atoms. The van der Waals surface area contributed by atoms with Crippen LogP contribution in [0.2, 0.25) is 0 Å². The molecule has 0 aliphatic rings. The molecule has 104 valence electrons. The minimum absolute atomic E-state index is 0.0714. The van der Waals surface area contributed by atoms with Crippen LogP contribution in [-0.4, -0.2) is 16.1 Å². The molecule has 1 N–H and O–H groups in total. The number of pyridine rings is 1. The minimum Gasteiger partial charge on any atom is -0.481 e. The highest BCUT2D eigenvalue weighted by atomic mass is 16.4. The molecule has 0 bridgehead atoms. The summed E-state index contributed by atoms with van der Waals surface area (Å²) < 4.78 is 0. The maximum absolute atomic E-state index is 11.8. The van der Waals surface area contributed by atoms with Gasteiger partial charge in [-0.05, 0) is 23.1 Å². The number of carboxylic acid groups (broad SMARTS) is 1. The van der Waals surface area contributed by atoms with Crippen LogP contribution < -0.4 is 0 Å². The number of benzene rings is 1. The fraction of sp³-hybridized carbons (Fsp3) is 0.294. The van der Waals surface area contributed by atoms with E-state index in [0.29, 0.717) is 0 Å². The predicted molar refractivity (Wildman–Crippen MR) is 78.6 cm³/mol. The SMILES string of the molecule is CC(C)[C@H](c1ccccc1)[C@H](C(=O)O)c1cccnc1. The molecule has 3 heteroatoms. The molecule has 0 aliphatic heterocycles. The zero-order chi connectivity index (χ0) is 14.5. The molecular weight excluding hydrogens is 250 g/mol. The number of aromatic nitrogens is 1. The summed E-state index contributed by atoms with van der Waals surface area (Å²) in [5, 5.41) is 9.68. The van der Waals surface area contributed by atoms with Gasteiger partial charge >= 0.3 is 5.97 Å². The normalized spacial score (nSPS) is 13.9. The third-order valence-corrected chi connectivity index (χ3v) is 3.57. The van der Waals surface area contributed by atoms with Crippen molar-refractivity contribution in [2.45, 2.75) is 25.7 Å². The molecule has 1 heterocycles. The molecule has 0 unspecified atom stereocenters. The fourth-order valence-electron chi connectivity index (χ4n) is 2.70. The van der Waals surface area contributed by atoms with E-state index >= 15 is 0 Å². The average molecular weight is 269 g/mol. The first kappa shape index (κ1) is 14.3. The Morgan fingerprint density at radius 1 is 1.05 bits per heavy atom. The van der Waals surface area contributed by atoms with Gasteiger partial charge in [0, 0.05) is 18.3 Å². The molecule has 0 amide bonds. The molecule has 0 fully saturated rings. The van der Waals surface area contributed by atoms with E-state index in [1.165, 1.54) is 0 Å². The van der Waals surface area contributed by atoms with Gasteiger partial charge in [0.05, 0.1) is 5.92 Å². The van der Waals surface area contributed by atoms with Crippen molar-refractivity contribution in [2.24, 2.45) is 5.92 Å². The number of rotatable bonds is 5. The molecule has 2 aromatic rings. The van der Waals surface area contributed by atoms with Gasteiger partial charge in [-0.3, -0.25) is 9.78 Å². The van der Waals surface area contributed by atoms with Crippen LogP contribution in [-0.2, 0) is 4.79 Å². The second kappa shape index (κ2) is 6.33. The monoisotopic (exact) mass is 269 g/mol. The highest BCUT2D eigenvalue weighted by Gasteiger charge is 2.33. The standard InChI is InChI=1S/C17H19NO2/c1-12(2)15(13-7-4-3-5-8-13)16(17(19)20)14-9-6-10-18-11-14/h3-12,15-16H,1-2H3,(H,19,20)/t15-,16-/m1/s1. The van der Waals surface area contributed by atoms with E-state index in [9.17, 15) is 9.90 Å². The summed E-state index contributed by atoms with van der Waals surface area (Å²) in [4.78, 5) is 15.9. The van der Waals surface area contributed by atoms with Gasteiger partial charge in [0.15, 0.2) is 0 Å². The predicted octanol–water partition coefficient (Wildman–Crippen LogP) is 3.69. The van der Waals surface area contributed by atoms with Crippen molar-refractivity contribution in [1.82, 2.24) is 4.98 Å². The second-order valence-electron chi connectivity index (χ2n) is 5.28. The van der Waals surface area contributed by atoms with Gasteiger partial charge in [-0.25, -0.2) is 0 Å². The van der Waals surface area contributed by atoms with Gasteiger partial charge in [-0.1, -0.05) is 50.2 Å². The maximum atomic E-state index is 11.8. The van der Waals surface area contributed by atoms with Crippen LogP contribution in [0.15, 0.2) is 54.9 Å². The van der Waals surface area contributed by atoms with Crippen LogP contribution in [0.1, 0.15) is 36.8 Å². The molecule has 0 spiro atoms. The average Bonchev–Trinajstić information content (AvgIpc) is 2.45. The van der Waals surface area contributed by atoms with Crippen molar-refractivity contribution in [3.63, 3.8) is 0 Å². The lowest BCUT2D eigenvalue weighted by Crippen LogP contribution is -2.24. The Morgan fingerprint density at radius 3 is 2.20 bits per heavy atom. The molecule has 3 nitrogen and oxygen atoms in total. The quantitative estimate of drug-likeness (QED) is 0.900. The van der Waals surface area contributed by atoms with E-state index in [4.69, 9.17) is 0 Å². The summed E-state index contributed by atoms with van der Waals surface area (Å²) in [6.07, 6.45) is 3.31. The number of nitrogens with zero attached hydrogens (tertiary/aromatic N) is 1. The summed E-state index contributed by atoms with van der Waals surface area (Å²) in [7, 11) is 0. The first-order valence-corrected chi connectivity index (χ1v) is 6.79. The number of hydrogen-bond acceptors (Lipinski definition) is 2. The van der Waals surface area contributed by atoms with Gasteiger partial charge in [-0.15, -0.1) is 0 Å². The smallest absolute Gasteiger partial charge is 0.311 e. The van der Waals surface area contributed by atoms with Gasteiger partial charge in [-0.2, -0.15) is 0 Å². The van der Waals surface area contributed by atoms with Crippen molar-refractivity contribution >= 4 is 5.97 Å². The summed E-state index contributed by atoms with van der Waals surface area (Å²) in [6, 6.07) is 13.5. The van der Waals surface area contributed by atoms with E-state index in [-0.39, 0.29) is 11.8 Å². The van der Waals surface area contributed by atoms with Gasteiger partial charge in [0.2, 0.25) is 0 Å². The lowest BCUT2D eigenvalue weighted by molar-refractivity contribution is -0.139. The van der Waals surface area contributed by atoms with Crippen molar-refractivity contribution in [1.29, 1.82) is 0 Å². The first-order valence-electron chi connectivity index (χ1n) is 6.79. The Bertz CT molecular complexity index is 552. The Labute approximate surface area is 119 Å². The first-order chi connectivity index (χ1) is 9.61. The molecule has 0 aliphatic carbocycles. The Morgan fingerprint density at radius 2 is 1.70 bits per heavy atom.